The zero-order chi connectivity index (χ0) is 15.3. The van der Waals surface area contributed by atoms with Crippen LogP contribution in [0.2, 0.25) is 0 Å². The molecular weight excluding hydrogens is 274 g/mol. The van der Waals surface area contributed by atoms with Crippen LogP contribution in [0, 0.1) is 11.8 Å². The van der Waals surface area contributed by atoms with Crippen LogP contribution in [0.15, 0.2) is 0 Å². The molecule has 20 heavy (non-hydrogen) atoms. The zero-order valence-corrected chi connectivity index (χ0v) is 13.7. The molecule has 1 rings (SSSR count). The van der Waals surface area contributed by atoms with Crippen LogP contribution in [0.25, 0.3) is 0 Å². The van der Waals surface area contributed by atoms with Gasteiger partial charge in [-0.15, -0.1) is 0 Å². The molecule has 0 aromatic carbocycles. The Balaban J connectivity index is 2.41. The van der Waals surface area contributed by atoms with Crippen LogP contribution < -0.4 is 11.1 Å². The monoisotopic (exact) mass is 301 g/mol. The molecule has 116 valence electrons. The molecule has 6 heteroatoms. The summed E-state index contributed by atoms with van der Waals surface area (Å²) < 4.78 is 0. The molecule has 0 bridgehead atoms. The van der Waals surface area contributed by atoms with Gasteiger partial charge in [-0.3, -0.25) is 9.59 Å². The van der Waals surface area contributed by atoms with Crippen LogP contribution in [0.1, 0.15) is 27.7 Å². The number of nitrogens with one attached hydrogen (secondary N) is 1. The maximum absolute atomic E-state index is 12.1. The van der Waals surface area contributed by atoms with Gasteiger partial charge in [-0.1, -0.05) is 27.7 Å². The highest BCUT2D eigenvalue weighted by Gasteiger charge is 2.26. The number of hydrogen-bond donors (Lipinski definition) is 2. The van der Waals surface area contributed by atoms with E-state index in [0.717, 1.165) is 18.8 Å². The van der Waals surface area contributed by atoms with E-state index >= 15 is 0 Å². The maximum Gasteiger partial charge on any atom is 0.242 e. The molecule has 0 radical (unpaired) electrons. The summed E-state index contributed by atoms with van der Waals surface area (Å²) in [5, 5.41) is 3.13. The molecule has 0 saturated carbocycles. The van der Waals surface area contributed by atoms with Gasteiger partial charge in [0, 0.05) is 24.1 Å². The number of amides is 2. The van der Waals surface area contributed by atoms with E-state index in [4.69, 9.17) is 5.73 Å². The van der Waals surface area contributed by atoms with E-state index in [1.807, 2.05) is 30.5 Å². The van der Waals surface area contributed by atoms with Crippen LogP contribution in [-0.4, -0.2) is 53.4 Å². The molecule has 0 spiro atoms. The first kappa shape index (κ1) is 17.3. The van der Waals surface area contributed by atoms with E-state index in [1.165, 1.54) is 0 Å². The summed E-state index contributed by atoms with van der Waals surface area (Å²) in [7, 11) is 0. The van der Waals surface area contributed by atoms with Gasteiger partial charge >= 0.3 is 0 Å². The molecule has 0 aliphatic carbocycles. The van der Waals surface area contributed by atoms with Crippen molar-refractivity contribution in [3.8, 4) is 0 Å². The average molecular weight is 301 g/mol. The van der Waals surface area contributed by atoms with E-state index < -0.39 is 6.04 Å². The molecule has 1 aliphatic rings. The Kier molecular flexibility index (Phi) is 6.82. The van der Waals surface area contributed by atoms with E-state index in [2.05, 4.69) is 19.2 Å². The highest BCUT2D eigenvalue weighted by Crippen LogP contribution is 2.24. The fourth-order valence-electron chi connectivity index (χ4n) is 2.00. The lowest BCUT2D eigenvalue weighted by atomic mass is 10.1. The van der Waals surface area contributed by atoms with Gasteiger partial charge in [0.2, 0.25) is 11.8 Å². The van der Waals surface area contributed by atoms with E-state index in [1.54, 1.807) is 0 Å². The van der Waals surface area contributed by atoms with Crippen molar-refractivity contribution in [3.05, 3.63) is 0 Å². The van der Waals surface area contributed by atoms with Gasteiger partial charge < -0.3 is 16.0 Å². The second-order valence-electron chi connectivity index (χ2n) is 5.98. The minimum Gasteiger partial charge on any atom is -0.346 e. The molecule has 1 fully saturated rings. The van der Waals surface area contributed by atoms with Gasteiger partial charge in [0.05, 0.1) is 12.6 Å². The van der Waals surface area contributed by atoms with Crippen molar-refractivity contribution in [1.82, 2.24) is 10.2 Å². The Labute approximate surface area is 126 Å². The first-order valence-corrected chi connectivity index (χ1v) is 8.30. The molecule has 1 aliphatic heterocycles. The third-order valence-corrected chi connectivity index (χ3v) is 5.16. The van der Waals surface area contributed by atoms with Gasteiger partial charge in [0.15, 0.2) is 0 Å². The predicted molar refractivity (Wildman–Crippen MR) is 83.5 cm³/mol. The van der Waals surface area contributed by atoms with Crippen molar-refractivity contribution < 1.29 is 9.59 Å². The molecule has 1 saturated heterocycles. The lowest BCUT2D eigenvalue weighted by molar-refractivity contribution is -0.133. The largest absolute Gasteiger partial charge is 0.346 e. The number of thioether (sulfide) groups is 1. The lowest BCUT2D eigenvalue weighted by Gasteiger charge is -2.34. The highest BCUT2D eigenvalue weighted by atomic mass is 32.2. The molecule has 1 heterocycles. The first-order chi connectivity index (χ1) is 9.32. The number of hydrogen-bond acceptors (Lipinski definition) is 4. The van der Waals surface area contributed by atoms with Crippen molar-refractivity contribution in [2.24, 2.45) is 17.6 Å². The van der Waals surface area contributed by atoms with Crippen LogP contribution in [0.3, 0.4) is 0 Å². The van der Waals surface area contributed by atoms with Crippen LogP contribution in [-0.2, 0) is 9.59 Å². The lowest BCUT2D eigenvalue weighted by Crippen LogP contribution is -2.50. The second kappa shape index (κ2) is 7.88. The fraction of sp³-hybridized carbons (Fsp3) is 0.857. The predicted octanol–water partition coefficient (Wildman–Crippen LogP) is 0.686. The van der Waals surface area contributed by atoms with Gasteiger partial charge in [-0.25, -0.2) is 0 Å². The molecule has 5 nitrogen and oxygen atoms in total. The van der Waals surface area contributed by atoms with Crippen molar-refractivity contribution in [3.63, 3.8) is 0 Å². The molecule has 1 unspecified atom stereocenters. The summed E-state index contributed by atoms with van der Waals surface area (Å²) in [6.07, 6.45) is 0. The highest BCUT2D eigenvalue weighted by molar-refractivity contribution is 8.00. The molecule has 2 atom stereocenters. The normalized spacial score (nSPS) is 21.1. The Morgan fingerprint density at radius 2 is 2.00 bits per heavy atom. The Morgan fingerprint density at radius 3 is 2.55 bits per heavy atom. The number of carbonyl (C=O) groups excluding carboxylic acids is 2. The second-order valence-corrected chi connectivity index (χ2v) is 7.33. The first-order valence-electron chi connectivity index (χ1n) is 7.25. The zero-order valence-electron chi connectivity index (χ0n) is 12.9. The van der Waals surface area contributed by atoms with Gasteiger partial charge in [-0.05, 0) is 11.8 Å². The maximum atomic E-state index is 12.1. The number of carbonyl (C=O) groups is 2. The third-order valence-electron chi connectivity index (χ3n) is 3.62. The average Bonchev–Trinajstić information content (AvgIpc) is 2.43. The van der Waals surface area contributed by atoms with Crippen molar-refractivity contribution in [2.45, 2.75) is 39.0 Å². The fourth-order valence-corrected chi connectivity index (χ4v) is 3.30. The SMILES string of the molecule is CC(C)C1CN(C(=O)CNC(=O)[C@@H](N)C(C)C)CCS1. The summed E-state index contributed by atoms with van der Waals surface area (Å²) in [5.41, 5.74) is 5.75. The standard InChI is InChI=1S/C14H27N3O2S/c1-9(2)11-8-17(5-6-20-11)12(18)7-16-14(19)13(15)10(3)4/h9-11,13H,5-8,15H2,1-4H3,(H,16,19)/t11?,13-/m0/s1. The van der Waals surface area contributed by atoms with Crippen LogP contribution in [0.4, 0.5) is 0 Å². The summed E-state index contributed by atoms with van der Waals surface area (Å²) in [5.74, 6) is 1.33. The number of rotatable bonds is 5. The van der Waals surface area contributed by atoms with Crippen molar-refractivity contribution in [1.29, 1.82) is 0 Å². The van der Waals surface area contributed by atoms with E-state index in [-0.39, 0.29) is 24.3 Å². The van der Waals surface area contributed by atoms with Crippen molar-refractivity contribution >= 4 is 23.6 Å². The molecule has 2 amide bonds. The number of nitrogens with two attached hydrogens (primary N) is 1. The third kappa shape index (κ3) is 4.98. The smallest absolute Gasteiger partial charge is 0.242 e. The van der Waals surface area contributed by atoms with Crippen molar-refractivity contribution in [2.75, 3.05) is 25.4 Å². The topological polar surface area (TPSA) is 75.4 Å². The Bertz CT molecular complexity index is 347. The van der Waals surface area contributed by atoms with Crippen LogP contribution in [0.5, 0.6) is 0 Å². The molecular formula is C14H27N3O2S. The van der Waals surface area contributed by atoms with Crippen LogP contribution >= 0.6 is 11.8 Å². The molecule has 0 aromatic rings. The summed E-state index contributed by atoms with van der Waals surface area (Å²) in [4.78, 5) is 25.7. The minimum absolute atomic E-state index is 0.0137. The van der Waals surface area contributed by atoms with Gasteiger partial charge in [0.25, 0.3) is 0 Å². The summed E-state index contributed by atoms with van der Waals surface area (Å²) in [6.45, 7) is 9.72. The van der Waals surface area contributed by atoms with Gasteiger partial charge in [-0.2, -0.15) is 11.8 Å². The number of nitrogens with zero attached hydrogens (tertiary/aromatic N) is 1. The van der Waals surface area contributed by atoms with E-state index in [0.29, 0.717) is 11.2 Å². The summed E-state index contributed by atoms with van der Waals surface area (Å²) in [6, 6.07) is -0.553. The quantitative estimate of drug-likeness (QED) is 0.783. The Morgan fingerprint density at radius 1 is 1.35 bits per heavy atom. The van der Waals surface area contributed by atoms with Gasteiger partial charge in [0.1, 0.15) is 0 Å². The Hall–Kier alpha value is -0.750. The summed E-state index contributed by atoms with van der Waals surface area (Å²) >= 11 is 1.92. The van der Waals surface area contributed by atoms with E-state index in [9.17, 15) is 9.59 Å². The molecule has 3 N–H and O–H groups in total. The minimum atomic E-state index is -0.553. The molecule has 0 aromatic heterocycles.